The van der Waals surface area contributed by atoms with Gasteiger partial charge in [-0.05, 0) is 36.6 Å². The first-order valence-electron chi connectivity index (χ1n) is 9.81. The topological polar surface area (TPSA) is 52.8 Å². The first-order valence-corrected chi connectivity index (χ1v) is 11.4. The molecule has 0 N–H and O–H groups in total. The number of halogens is 2. The fourth-order valence-electron chi connectivity index (χ4n) is 3.27. The van der Waals surface area contributed by atoms with Gasteiger partial charge in [-0.1, -0.05) is 64.9 Å². The normalized spacial score (nSPS) is 12.0. The Balaban J connectivity index is 1.68. The van der Waals surface area contributed by atoms with Crippen molar-refractivity contribution in [3.05, 3.63) is 69.4 Å². The smallest absolute Gasteiger partial charge is 0.286 e. The van der Waals surface area contributed by atoms with Crippen molar-refractivity contribution >= 4 is 61.4 Å². The van der Waals surface area contributed by atoms with Gasteiger partial charge in [-0.15, -0.1) is 0 Å². The van der Waals surface area contributed by atoms with E-state index in [-0.39, 0.29) is 6.61 Å². The lowest BCUT2D eigenvalue weighted by Crippen LogP contribution is -2.21. The van der Waals surface area contributed by atoms with E-state index in [1.165, 1.54) is 11.3 Å². The van der Waals surface area contributed by atoms with Crippen molar-refractivity contribution in [3.8, 4) is 5.75 Å². The van der Waals surface area contributed by atoms with Gasteiger partial charge >= 0.3 is 0 Å². The van der Waals surface area contributed by atoms with Crippen LogP contribution in [0.5, 0.6) is 5.75 Å². The Labute approximate surface area is 193 Å². The van der Waals surface area contributed by atoms with Gasteiger partial charge in [0.1, 0.15) is 5.75 Å². The van der Waals surface area contributed by atoms with Gasteiger partial charge in [-0.3, -0.25) is 4.79 Å². The predicted molar refractivity (Wildman–Crippen MR) is 126 cm³/mol. The van der Waals surface area contributed by atoms with Gasteiger partial charge in [0.25, 0.3) is 5.91 Å². The Hall–Kier alpha value is -2.38. The third kappa shape index (κ3) is 4.93. The average molecular weight is 475 g/mol. The second kappa shape index (κ2) is 9.83. The van der Waals surface area contributed by atoms with Crippen LogP contribution in [-0.4, -0.2) is 30.3 Å². The van der Waals surface area contributed by atoms with Gasteiger partial charge < -0.3 is 14.0 Å². The summed E-state index contributed by atoms with van der Waals surface area (Å²) in [6.45, 7) is 3.50. The number of fused-ring (bicyclic) bond motifs is 3. The molecule has 4 rings (SSSR count). The molecule has 0 spiro atoms. The molecule has 0 bridgehead atoms. The molecule has 0 saturated carbocycles. The van der Waals surface area contributed by atoms with E-state index >= 15 is 0 Å². The minimum atomic E-state index is -0.396. The molecule has 1 amide bonds. The fourth-order valence-corrected chi connectivity index (χ4v) is 4.94. The summed E-state index contributed by atoms with van der Waals surface area (Å²) < 4.78 is 14.2. The van der Waals surface area contributed by atoms with Crippen LogP contribution in [0.4, 0.5) is 0 Å². The highest BCUT2D eigenvalue weighted by Crippen LogP contribution is 2.28. The summed E-state index contributed by atoms with van der Waals surface area (Å²) in [7, 11) is 0. The lowest BCUT2D eigenvalue weighted by atomic mass is 10.1. The summed E-state index contributed by atoms with van der Waals surface area (Å²) in [6, 6.07) is 17.2. The highest BCUT2D eigenvalue weighted by atomic mass is 35.5. The van der Waals surface area contributed by atoms with Crippen molar-refractivity contribution in [2.24, 2.45) is 4.99 Å². The van der Waals surface area contributed by atoms with Crippen LogP contribution < -0.4 is 9.54 Å². The zero-order valence-electron chi connectivity index (χ0n) is 16.8. The number of benzene rings is 3. The van der Waals surface area contributed by atoms with E-state index in [9.17, 15) is 4.79 Å². The zero-order chi connectivity index (χ0) is 21.8. The summed E-state index contributed by atoms with van der Waals surface area (Å²) >= 11 is 13.5. The highest BCUT2D eigenvalue weighted by molar-refractivity contribution is 7.17. The van der Waals surface area contributed by atoms with Gasteiger partial charge in [0.2, 0.25) is 0 Å². The van der Waals surface area contributed by atoms with E-state index in [0.717, 1.165) is 21.0 Å². The van der Waals surface area contributed by atoms with E-state index in [4.69, 9.17) is 32.7 Å². The van der Waals surface area contributed by atoms with Crippen LogP contribution in [-0.2, 0) is 16.1 Å². The number of ether oxygens (including phenoxy) is 2. The predicted octanol–water partition coefficient (Wildman–Crippen LogP) is 5.71. The summed E-state index contributed by atoms with van der Waals surface area (Å²) in [5.41, 5.74) is 1.02. The van der Waals surface area contributed by atoms with Crippen LogP contribution in [0.2, 0.25) is 10.0 Å². The first-order chi connectivity index (χ1) is 15.1. The van der Waals surface area contributed by atoms with E-state index in [0.29, 0.717) is 40.4 Å². The monoisotopic (exact) mass is 474 g/mol. The molecule has 1 aromatic heterocycles. The number of hydrogen-bond acceptors (Lipinski definition) is 4. The minimum Gasteiger partial charge on any atom is -0.482 e. The molecule has 0 unspecified atom stereocenters. The summed E-state index contributed by atoms with van der Waals surface area (Å²) in [6.07, 6.45) is 0. The molecule has 0 aliphatic carbocycles. The van der Waals surface area contributed by atoms with E-state index in [2.05, 4.69) is 29.3 Å². The maximum Gasteiger partial charge on any atom is 0.286 e. The van der Waals surface area contributed by atoms with Crippen molar-refractivity contribution < 1.29 is 14.3 Å². The molecule has 1 heterocycles. The van der Waals surface area contributed by atoms with Crippen molar-refractivity contribution in [1.29, 1.82) is 0 Å². The van der Waals surface area contributed by atoms with Gasteiger partial charge in [0, 0.05) is 23.6 Å². The molecule has 160 valence electrons. The Bertz CT molecular complexity index is 1310. The average Bonchev–Trinajstić information content (AvgIpc) is 3.11. The number of aromatic nitrogens is 1. The van der Waals surface area contributed by atoms with Gasteiger partial charge in [0.15, 0.2) is 11.4 Å². The van der Waals surface area contributed by atoms with Crippen LogP contribution in [0, 0.1) is 0 Å². The second-order valence-electron chi connectivity index (χ2n) is 6.74. The summed E-state index contributed by atoms with van der Waals surface area (Å²) in [4.78, 5) is 17.5. The molecule has 0 aliphatic rings. The molecule has 31 heavy (non-hydrogen) atoms. The maximum absolute atomic E-state index is 12.6. The Morgan fingerprint density at radius 2 is 1.97 bits per heavy atom. The first kappa shape index (κ1) is 21.8. The van der Waals surface area contributed by atoms with Crippen molar-refractivity contribution in [2.75, 3.05) is 19.8 Å². The molecule has 0 atom stereocenters. The fraction of sp³-hybridized carbons (Fsp3) is 0.217. The molecular formula is C23H20Cl2N2O3S. The van der Waals surface area contributed by atoms with Crippen LogP contribution in [0.3, 0.4) is 0 Å². The molecule has 0 aliphatic heterocycles. The minimum absolute atomic E-state index is 0.220. The SMILES string of the molecule is CCOCCn1c(=NC(=O)COc2ccc(Cl)cc2Cl)sc2c3ccccc3ccc21. The number of thiazole rings is 1. The molecule has 8 heteroatoms. The van der Waals surface area contributed by atoms with Crippen LogP contribution in [0.15, 0.2) is 59.6 Å². The standard InChI is InChI=1S/C23H20Cl2N2O3S/c1-2-29-12-11-27-19-9-7-15-5-3-4-6-17(15)22(19)31-23(27)26-21(28)14-30-20-10-8-16(24)13-18(20)25/h3-10,13H,2,11-12,14H2,1H3. The van der Waals surface area contributed by atoms with E-state index in [1.54, 1.807) is 18.2 Å². The van der Waals surface area contributed by atoms with Gasteiger partial charge in [-0.2, -0.15) is 4.99 Å². The molecule has 0 fully saturated rings. The number of rotatable bonds is 7. The van der Waals surface area contributed by atoms with E-state index < -0.39 is 5.91 Å². The van der Waals surface area contributed by atoms with Gasteiger partial charge in [-0.25, -0.2) is 0 Å². The number of amides is 1. The highest BCUT2D eigenvalue weighted by Gasteiger charge is 2.12. The molecule has 0 radical (unpaired) electrons. The Kier molecular flexibility index (Phi) is 6.92. The second-order valence-corrected chi connectivity index (χ2v) is 8.56. The van der Waals surface area contributed by atoms with Crippen LogP contribution in [0.25, 0.3) is 21.0 Å². The molecule has 0 saturated heterocycles. The number of nitrogens with zero attached hydrogens (tertiary/aromatic N) is 2. The molecule has 4 aromatic rings. The number of hydrogen-bond donors (Lipinski definition) is 0. The third-order valence-electron chi connectivity index (χ3n) is 4.70. The van der Waals surface area contributed by atoms with Crippen LogP contribution >= 0.6 is 34.5 Å². The van der Waals surface area contributed by atoms with Crippen LogP contribution in [0.1, 0.15) is 6.92 Å². The zero-order valence-corrected chi connectivity index (χ0v) is 19.1. The third-order valence-corrected chi connectivity index (χ3v) is 6.36. The Morgan fingerprint density at radius 3 is 2.77 bits per heavy atom. The quantitative estimate of drug-likeness (QED) is 0.322. The van der Waals surface area contributed by atoms with Crippen molar-refractivity contribution in [1.82, 2.24) is 4.57 Å². The number of carbonyl (C=O) groups excluding carboxylic acids is 1. The lowest BCUT2D eigenvalue weighted by Gasteiger charge is -2.07. The summed E-state index contributed by atoms with van der Waals surface area (Å²) in [5, 5.41) is 3.13. The van der Waals surface area contributed by atoms with Gasteiger partial charge in [0.05, 0.1) is 21.8 Å². The van der Waals surface area contributed by atoms with Crippen molar-refractivity contribution in [3.63, 3.8) is 0 Å². The van der Waals surface area contributed by atoms with E-state index in [1.807, 2.05) is 23.6 Å². The molecule has 3 aromatic carbocycles. The largest absolute Gasteiger partial charge is 0.482 e. The molecular weight excluding hydrogens is 455 g/mol. The maximum atomic E-state index is 12.6. The summed E-state index contributed by atoms with van der Waals surface area (Å²) in [5.74, 6) is -0.00629. The Morgan fingerprint density at radius 1 is 1.13 bits per heavy atom. The lowest BCUT2D eigenvalue weighted by molar-refractivity contribution is -0.120. The number of carbonyl (C=O) groups is 1. The molecule has 5 nitrogen and oxygen atoms in total. The van der Waals surface area contributed by atoms with Crippen molar-refractivity contribution in [2.45, 2.75) is 13.5 Å².